The highest BCUT2D eigenvalue weighted by Gasteiger charge is 2.19. The van der Waals surface area contributed by atoms with Gasteiger partial charge in [0.05, 0.1) is 28.2 Å². The number of aromatic amines is 1. The predicted octanol–water partition coefficient (Wildman–Crippen LogP) is 4.06. The van der Waals surface area contributed by atoms with Gasteiger partial charge in [-0.3, -0.25) is 9.89 Å². The van der Waals surface area contributed by atoms with E-state index in [9.17, 15) is 13.2 Å². The number of aromatic nitrogens is 3. The molecule has 0 radical (unpaired) electrons. The number of fused-ring (bicyclic) bond motifs is 1. The Labute approximate surface area is 198 Å². The Morgan fingerprint density at radius 3 is 2.56 bits per heavy atom. The minimum absolute atomic E-state index is 0.178. The SMILES string of the molecule is Cc1cc(OCC(C)C)cc(S(=O)(=O)c2ccc(CNC(=O)c3cnc4[nH]ncc4c3)cc2)c1. The largest absolute Gasteiger partial charge is 0.493 e. The van der Waals surface area contributed by atoms with Gasteiger partial charge in [-0.15, -0.1) is 0 Å². The fourth-order valence-corrected chi connectivity index (χ4v) is 4.76. The molecule has 2 N–H and O–H groups in total. The van der Waals surface area contributed by atoms with E-state index in [4.69, 9.17) is 4.74 Å². The second-order valence-electron chi connectivity index (χ2n) is 8.55. The molecule has 0 unspecified atom stereocenters. The van der Waals surface area contributed by atoms with E-state index in [1.165, 1.54) is 6.20 Å². The maximum atomic E-state index is 13.2. The van der Waals surface area contributed by atoms with Gasteiger partial charge in [0.2, 0.25) is 9.84 Å². The average Bonchev–Trinajstić information content (AvgIpc) is 3.29. The highest BCUT2D eigenvalue weighted by atomic mass is 32.2. The van der Waals surface area contributed by atoms with Gasteiger partial charge < -0.3 is 10.1 Å². The molecular weight excluding hydrogens is 452 g/mol. The number of benzene rings is 2. The molecule has 0 saturated carbocycles. The number of ether oxygens (including phenoxy) is 1. The smallest absolute Gasteiger partial charge is 0.253 e. The molecule has 0 atom stereocenters. The first-order valence-corrected chi connectivity index (χ1v) is 12.4. The molecule has 1 amide bonds. The second kappa shape index (κ2) is 9.64. The van der Waals surface area contributed by atoms with Crippen molar-refractivity contribution < 1.29 is 17.9 Å². The number of aryl methyl sites for hydroxylation is 1. The molecule has 0 fully saturated rings. The standard InChI is InChI=1S/C25H26N4O4S/c1-16(2)15-33-21-8-17(3)9-23(11-21)34(31,32)22-6-4-18(5-7-22)12-27-25(30)20-10-19-14-28-29-24(19)26-13-20/h4-11,13-14,16H,12,15H2,1-3H3,(H,27,30)(H,26,28,29). The molecule has 0 saturated heterocycles. The molecule has 2 heterocycles. The van der Waals surface area contributed by atoms with Crippen molar-refractivity contribution in [2.24, 2.45) is 5.92 Å². The lowest BCUT2D eigenvalue weighted by Crippen LogP contribution is -2.22. The fourth-order valence-electron chi connectivity index (χ4n) is 3.38. The molecular formula is C25H26N4O4S. The number of carbonyl (C=O) groups excluding carboxylic acids is 1. The minimum atomic E-state index is -3.71. The van der Waals surface area contributed by atoms with Crippen molar-refractivity contribution in [3.8, 4) is 5.75 Å². The van der Waals surface area contributed by atoms with Crippen LogP contribution in [0.2, 0.25) is 0 Å². The molecule has 8 nitrogen and oxygen atoms in total. The topological polar surface area (TPSA) is 114 Å². The van der Waals surface area contributed by atoms with Crippen LogP contribution in [0, 0.1) is 12.8 Å². The predicted molar refractivity (Wildman–Crippen MR) is 128 cm³/mol. The minimum Gasteiger partial charge on any atom is -0.493 e. The zero-order chi connectivity index (χ0) is 24.3. The van der Waals surface area contributed by atoms with Crippen molar-refractivity contribution in [1.82, 2.24) is 20.5 Å². The maximum Gasteiger partial charge on any atom is 0.253 e. The normalized spacial score (nSPS) is 11.6. The van der Waals surface area contributed by atoms with Gasteiger partial charge in [0.15, 0.2) is 5.65 Å². The summed E-state index contributed by atoms with van der Waals surface area (Å²) in [6, 6.07) is 13.2. The van der Waals surface area contributed by atoms with Gasteiger partial charge in [-0.25, -0.2) is 13.4 Å². The molecule has 176 valence electrons. The van der Waals surface area contributed by atoms with Gasteiger partial charge in [-0.1, -0.05) is 26.0 Å². The second-order valence-corrected chi connectivity index (χ2v) is 10.5. The zero-order valence-electron chi connectivity index (χ0n) is 19.2. The quantitative estimate of drug-likeness (QED) is 0.395. The first kappa shape index (κ1) is 23.4. The van der Waals surface area contributed by atoms with Crippen LogP contribution in [0.4, 0.5) is 0 Å². The first-order valence-electron chi connectivity index (χ1n) is 10.9. The van der Waals surface area contributed by atoms with Crippen molar-refractivity contribution in [2.75, 3.05) is 6.61 Å². The summed E-state index contributed by atoms with van der Waals surface area (Å²) < 4.78 is 32.1. The monoisotopic (exact) mass is 478 g/mol. The number of H-pyrrole nitrogens is 1. The lowest BCUT2D eigenvalue weighted by Gasteiger charge is -2.12. The molecule has 0 spiro atoms. The third-order valence-corrected chi connectivity index (χ3v) is 6.91. The summed E-state index contributed by atoms with van der Waals surface area (Å²) in [5, 5.41) is 10.2. The highest BCUT2D eigenvalue weighted by molar-refractivity contribution is 7.91. The number of carbonyl (C=O) groups is 1. The maximum absolute atomic E-state index is 13.2. The molecule has 0 aliphatic heterocycles. The molecule has 34 heavy (non-hydrogen) atoms. The van der Waals surface area contributed by atoms with Gasteiger partial charge >= 0.3 is 0 Å². The van der Waals surface area contributed by atoms with E-state index in [1.807, 2.05) is 26.8 Å². The van der Waals surface area contributed by atoms with Crippen LogP contribution in [0.3, 0.4) is 0 Å². The fraction of sp³-hybridized carbons (Fsp3) is 0.240. The lowest BCUT2D eigenvalue weighted by molar-refractivity contribution is 0.0950. The molecule has 4 aromatic rings. The van der Waals surface area contributed by atoms with E-state index in [-0.39, 0.29) is 22.2 Å². The van der Waals surface area contributed by atoms with E-state index in [1.54, 1.807) is 48.7 Å². The Morgan fingerprint density at radius 2 is 1.82 bits per heavy atom. The number of pyridine rings is 1. The van der Waals surface area contributed by atoms with Crippen LogP contribution in [0.1, 0.15) is 35.3 Å². The van der Waals surface area contributed by atoms with E-state index in [0.717, 1.165) is 16.5 Å². The number of rotatable bonds is 8. The molecule has 9 heteroatoms. The van der Waals surface area contributed by atoms with Gasteiger partial charge in [0.1, 0.15) is 5.75 Å². The number of hydrogen-bond acceptors (Lipinski definition) is 6. The lowest BCUT2D eigenvalue weighted by atomic mass is 10.2. The van der Waals surface area contributed by atoms with Crippen LogP contribution in [0.5, 0.6) is 5.75 Å². The summed E-state index contributed by atoms with van der Waals surface area (Å²) in [7, 11) is -3.71. The molecule has 0 aliphatic rings. The van der Waals surface area contributed by atoms with Crippen molar-refractivity contribution in [2.45, 2.75) is 37.1 Å². The van der Waals surface area contributed by atoms with Gasteiger partial charge in [-0.05, 0) is 60.4 Å². The van der Waals surface area contributed by atoms with Crippen LogP contribution < -0.4 is 10.1 Å². The average molecular weight is 479 g/mol. The number of amides is 1. The van der Waals surface area contributed by atoms with Crippen molar-refractivity contribution in [1.29, 1.82) is 0 Å². The number of hydrogen-bond donors (Lipinski definition) is 2. The van der Waals surface area contributed by atoms with Crippen LogP contribution in [-0.2, 0) is 16.4 Å². The van der Waals surface area contributed by atoms with E-state index < -0.39 is 9.84 Å². The highest BCUT2D eigenvalue weighted by Crippen LogP contribution is 2.27. The molecule has 2 aromatic carbocycles. The van der Waals surface area contributed by atoms with Crippen molar-refractivity contribution in [3.63, 3.8) is 0 Å². The van der Waals surface area contributed by atoms with E-state index in [0.29, 0.717) is 29.5 Å². The van der Waals surface area contributed by atoms with E-state index in [2.05, 4.69) is 20.5 Å². The molecule has 4 rings (SSSR count). The van der Waals surface area contributed by atoms with Crippen LogP contribution in [-0.4, -0.2) is 36.1 Å². The molecule has 2 aromatic heterocycles. The van der Waals surface area contributed by atoms with Gasteiger partial charge in [-0.2, -0.15) is 5.10 Å². The molecule has 0 aliphatic carbocycles. The Bertz CT molecular complexity index is 1430. The number of nitrogens with zero attached hydrogens (tertiary/aromatic N) is 2. The first-order chi connectivity index (χ1) is 16.2. The summed E-state index contributed by atoms with van der Waals surface area (Å²) in [6.07, 6.45) is 3.08. The van der Waals surface area contributed by atoms with Crippen LogP contribution in [0.15, 0.2) is 70.7 Å². The van der Waals surface area contributed by atoms with Crippen LogP contribution in [0.25, 0.3) is 11.0 Å². The zero-order valence-corrected chi connectivity index (χ0v) is 20.0. The summed E-state index contributed by atoms with van der Waals surface area (Å²) in [6.45, 7) is 6.67. The number of sulfone groups is 1. The van der Waals surface area contributed by atoms with Crippen LogP contribution >= 0.6 is 0 Å². The summed E-state index contributed by atoms with van der Waals surface area (Å²) in [5.41, 5.74) is 2.61. The summed E-state index contributed by atoms with van der Waals surface area (Å²) >= 11 is 0. The number of nitrogens with one attached hydrogen (secondary N) is 2. The van der Waals surface area contributed by atoms with Crippen molar-refractivity contribution >= 4 is 26.8 Å². The Hall–Kier alpha value is -3.72. The third kappa shape index (κ3) is 5.26. The summed E-state index contributed by atoms with van der Waals surface area (Å²) in [5.74, 6) is 0.592. The van der Waals surface area contributed by atoms with Gasteiger partial charge in [0.25, 0.3) is 5.91 Å². The molecule has 0 bridgehead atoms. The Morgan fingerprint density at radius 1 is 1.06 bits per heavy atom. The van der Waals surface area contributed by atoms with Crippen molar-refractivity contribution in [3.05, 3.63) is 77.6 Å². The summed E-state index contributed by atoms with van der Waals surface area (Å²) in [4.78, 5) is 17.0. The third-order valence-electron chi connectivity index (χ3n) is 5.16. The Balaban J connectivity index is 1.45. The van der Waals surface area contributed by atoms with E-state index >= 15 is 0 Å². The Kier molecular flexibility index (Phi) is 6.65. The van der Waals surface area contributed by atoms with Gasteiger partial charge in [0, 0.05) is 18.1 Å².